The van der Waals surface area contributed by atoms with E-state index in [1.54, 1.807) is 13.0 Å². The second-order valence-corrected chi connectivity index (χ2v) is 8.64. The first-order chi connectivity index (χ1) is 13.0. The van der Waals surface area contributed by atoms with Crippen LogP contribution < -0.4 is 0 Å². The fraction of sp³-hybridized carbons (Fsp3) is 0.636. The number of epoxide rings is 1. The molecule has 2 heterocycles. The fourth-order valence-corrected chi connectivity index (χ4v) is 4.14. The summed E-state index contributed by atoms with van der Waals surface area (Å²) >= 11 is 0. The number of hydrogen-bond donors (Lipinski definition) is 1. The summed E-state index contributed by atoms with van der Waals surface area (Å²) in [6.07, 6.45) is 6.80. The van der Waals surface area contributed by atoms with Gasteiger partial charge < -0.3 is 19.3 Å². The highest BCUT2D eigenvalue weighted by Gasteiger charge is 2.60. The molecule has 3 rings (SSSR count). The molecule has 0 aromatic rings. The number of carbonyl (C=O) groups excluding carboxylic acids is 2. The molecule has 0 aromatic carbocycles. The summed E-state index contributed by atoms with van der Waals surface area (Å²) in [6.45, 7) is 10.9. The molecule has 0 amide bonds. The third-order valence-corrected chi connectivity index (χ3v) is 6.02. The Morgan fingerprint density at radius 2 is 2.11 bits per heavy atom. The summed E-state index contributed by atoms with van der Waals surface area (Å²) in [5.41, 5.74) is -0.162. The van der Waals surface area contributed by atoms with Crippen molar-refractivity contribution in [1.82, 2.24) is 0 Å². The fourth-order valence-electron chi connectivity index (χ4n) is 4.14. The molecule has 154 valence electrons. The molecule has 0 aromatic heterocycles. The molecule has 28 heavy (non-hydrogen) atoms. The van der Waals surface area contributed by atoms with Gasteiger partial charge in [0.25, 0.3) is 0 Å². The van der Waals surface area contributed by atoms with E-state index in [-0.39, 0.29) is 12.0 Å². The standard InChI is InChI=1S/C22H30O6/c1-13-7-6-9-21(4,25)10-8-18-22(5,28-18)19(26-15(3)23)12-16-14(2)20(24)27-17(16)11-13/h6,9,11,16-19,25H,2,7-8,10,12H2,1,3-5H3. The van der Waals surface area contributed by atoms with Gasteiger partial charge in [0, 0.05) is 18.4 Å². The SMILES string of the molecule is C=C1C(=O)OC2C=C(C)CC=CC(C)(O)CCC3OC3(C)C(OC(C)=O)CC12. The van der Waals surface area contributed by atoms with E-state index in [1.807, 2.05) is 26.0 Å². The summed E-state index contributed by atoms with van der Waals surface area (Å²) in [5.74, 6) is -1.08. The van der Waals surface area contributed by atoms with Crippen molar-refractivity contribution in [3.05, 3.63) is 36.0 Å². The minimum Gasteiger partial charge on any atom is -0.459 e. The molecule has 6 atom stereocenters. The van der Waals surface area contributed by atoms with Crippen LogP contribution in [0.25, 0.3) is 0 Å². The van der Waals surface area contributed by atoms with E-state index in [1.165, 1.54) is 6.92 Å². The van der Waals surface area contributed by atoms with Crippen LogP contribution in [0.4, 0.5) is 0 Å². The minimum atomic E-state index is -0.940. The molecule has 2 fully saturated rings. The maximum absolute atomic E-state index is 12.1. The number of aliphatic hydroxyl groups is 1. The summed E-state index contributed by atoms with van der Waals surface area (Å²) in [4.78, 5) is 23.9. The third-order valence-electron chi connectivity index (χ3n) is 6.02. The highest BCUT2D eigenvalue weighted by molar-refractivity contribution is 5.91. The van der Waals surface area contributed by atoms with Crippen LogP contribution in [0.3, 0.4) is 0 Å². The molecular weight excluding hydrogens is 360 g/mol. The third kappa shape index (κ3) is 4.39. The molecule has 0 bridgehead atoms. The van der Waals surface area contributed by atoms with Crippen molar-refractivity contribution in [2.45, 2.75) is 82.9 Å². The lowest BCUT2D eigenvalue weighted by atomic mass is 9.83. The molecule has 6 heteroatoms. The lowest BCUT2D eigenvalue weighted by Gasteiger charge is -2.26. The largest absolute Gasteiger partial charge is 0.459 e. The second kappa shape index (κ2) is 7.48. The zero-order valence-corrected chi connectivity index (χ0v) is 17.1. The van der Waals surface area contributed by atoms with Crippen LogP contribution in [0.15, 0.2) is 36.0 Å². The average Bonchev–Trinajstić information content (AvgIpc) is 3.18. The Kier molecular flexibility index (Phi) is 5.56. The Morgan fingerprint density at radius 1 is 1.39 bits per heavy atom. The van der Waals surface area contributed by atoms with Gasteiger partial charge in [-0.25, -0.2) is 4.79 Å². The van der Waals surface area contributed by atoms with E-state index >= 15 is 0 Å². The topological polar surface area (TPSA) is 85.4 Å². The van der Waals surface area contributed by atoms with Crippen LogP contribution in [0, 0.1) is 5.92 Å². The van der Waals surface area contributed by atoms with Crippen molar-refractivity contribution in [2.24, 2.45) is 5.92 Å². The maximum Gasteiger partial charge on any atom is 0.334 e. The van der Waals surface area contributed by atoms with Gasteiger partial charge in [-0.15, -0.1) is 0 Å². The Balaban J connectivity index is 1.93. The Labute approximate surface area is 166 Å². The molecule has 2 aliphatic heterocycles. The van der Waals surface area contributed by atoms with E-state index in [4.69, 9.17) is 14.2 Å². The highest BCUT2D eigenvalue weighted by atomic mass is 16.6. The van der Waals surface area contributed by atoms with Crippen molar-refractivity contribution in [2.75, 3.05) is 0 Å². The summed E-state index contributed by atoms with van der Waals surface area (Å²) in [7, 11) is 0. The normalized spacial score (nSPS) is 41.2. The van der Waals surface area contributed by atoms with Crippen LogP contribution in [-0.4, -0.2) is 46.6 Å². The molecule has 0 saturated carbocycles. The van der Waals surface area contributed by atoms with Gasteiger partial charge >= 0.3 is 11.9 Å². The number of carbonyl (C=O) groups is 2. The predicted octanol–water partition coefficient (Wildman–Crippen LogP) is 3.00. The number of rotatable bonds is 1. The van der Waals surface area contributed by atoms with Crippen LogP contribution >= 0.6 is 0 Å². The van der Waals surface area contributed by atoms with Crippen LogP contribution in [-0.2, 0) is 23.8 Å². The van der Waals surface area contributed by atoms with E-state index < -0.39 is 35.3 Å². The van der Waals surface area contributed by atoms with Gasteiger partial charge in [0.05, 0.1) is 11.7 Å². The molecule has 1 N–H and O–H groups in total. The first-order valence-electron chi connectivity index (χ1n) is 9.84. The smallest absolute Gasteiger partial charge is 0.334 e. The van der Waals surface area contributed by atoms with Crippen LogP contribution in [0.5, 0.6) is 0 Å². The molecular formula is C22H30O6. The van der Waals surface area contributed by atoms with Crippen molar-refractivity contribution in [3.63, 3.8) is 0 Å². The molecule has 1 aliphatic carbocycles. The van der Waals surface area contributed by atoms with Gasteiger partial charge in [0.2, 0.25) is 0 Å². The van der Waals surface area contributed by atoms with E-state index in [0.29, 0.717) is 31.3 Å². The van der Waals surface area contributed by atoms with Crippen molar-refractivity contribution < 1.29 is 28.9 Å². The quantitative estimate of drug-likeness (QED) is 0.321. The first-order valence-corrected chi connectivity index (χ1v) is 9.84. The Morgan fingerprint density at radius 3 is 2.79 bits per heavy atom. The Hall–Kier alpha value is -1.92. The van der Waals surface area contributed by atoms with Crippen molar-refractivity contribution in [3.8, 4) is 0 Å². The Bertz CT molecular complexity index is 733. The molecule has 6 nitrogen and oxygen atoms in total. The van der Waals surface area contributed by atoms with Gasteiger partial charge in [0.1, 0.15) is 17.8 Å². The monoisotopic (exact) mass is 390 g/mol. The van der Waals surface area contributed by atoms with Crippen molar-refractivity contribution >= 4 is 11.9 Å². The van der Waals surface area contributed by atoms with E-state index in [0.717, 1.165) is 5.57 Å². The molecule has 3 aliphatic rings. The molecule has 2 saturated heterocycles. The van der Waals surface area contributed by atoms with Crippen LogP contribution in [0.2, 0.25) is 0 Å². The van der Waals surface area contributed by atoms with E-state index in [9.17, 15) is 14.7 Å². The number of ether oxygens (including phenoxy) is 3. The number of allylic oxidation sites excluding steroid dienone is 2. The summed E-state index contributed by atoms with van der Waals surface area (Å²) in [5, 5.41) is 10.6. The first kappa shape index (κ1) is 20.8. The lowest BCUT2D eigenvalue weighted by Crippen LogP contribution is -2.37. The molecule has 0 spiro atoms. The van der Waals surface area contributed by atoms with Gasteiger partial charge in [-0.3, -0.25) is 4.79 Å². The van der Waals surface area contributed by atoms with Gasteiger partial charge in [-0.2, -0.15) is 0 Å². The van der Waals surface area contributed by atoms with Gasteiger partial charge in [-0.05, 0) is 52.5 Å². The average molecular weight is 390 g/mol. The van der Waals surface area contributed by atoms with Crippen LogP contribution in [0.1, 0.15) is 53.4 Å². The van der Waals surface area contributed by atoms with Gasteiger partial charge in [-0.1, -0.05) is 24.3 Å². The highest BCUT2D eigenvalue weighted by Crippen LogP contribution is 2.47. The maximum atomic E-state index is 12.1. The number of esters is 2. The summed E-state index contributed by atoms with van der Waals surface area (Å²) in [6, 6.07) is 0. The molecule has 0 radical (unpaired) electrons. The van der Waals surface area contributed by atoms with E-state index in [2.05, 4.69) is 6.58 Å². The lowest BCUT2D eigenvalue weighted by molar-refractivity contribution is -0.151. The predicted molar refractivity (Wildman–Crippen MR) is 103 cm³/mol. The second-order valence-electron chi connectivity index (χ2n) is 8.64. The van der Waals surface area contributed by atoms with Gasteiger partial charge in [0.15, 0.2) is 0 Å². The summed E-state index contributed by atoms with van der Waals surface area (Å²) < 4.78 is 17.1. The number of hydrogen-bond acceptors (Lipinski definition) is 6. The zero-order valence-electron chi connectivity index (χ0n) is 17.1. The zero-order chi connectivity index (χ0) is 20.7. The number of fused-ring (bicyclic) bond motifs is 2. The van der Waals surface area contributed by atoms with Crippen molar-refractivity contribution in [1.29, 1.82) is 0 Å². The minimum absolute atomic E-state index is 0.123. The molecule has 6 unspecified atom stereocenters.